The quantitative estimate of drug-likeness (QED) is 0.0266. The lowest BCUT2D eigenvalue weighted by molar-refractivity contribution is -0.136. The van der Waals surface area contributed by atoms with Crippen LogP contribution in [-0.2, 0) is 44.5 Å². The first kappa shape index (κ1) is 48.5. The van der Waals surface area contributed by atoms with E-state index in [2.05, 4.69) is 30.8 Å². The van der Waals surface area contributed by atoms with Crippen molar-refractivity contribution < 1.29 is 47.5 Å². The van der Waals surface area contributed by atoms with Crippen LogP contribution in [0.2, 0.25) is 0 Å². The summed E-state index contributed by atoms with van der Waals surface area (Å²) in [7, 11) is 0. The molecule has 2 saturated heterocycles. The van der Waals surface area contributed by atoms with Crippen molar-refractivity contribution >= 4 is 63.7 Å². The van der Waals surface area contributed by atoms with Crippen LogP contribution in [0.1, 0.15) is 40.0 Å². The highest BCUT2D eigenvalue weighted by atomic mass is 32.2. The SMILES string of the molecule is C[S+]([O-])c1ccc(-c2ccc/c(=N/C(=N)Nc3ccc(N4CCN(C(=O)CCOCCOCCOCCOCCNc5ccc6c(c5)C(=O)N(C5CCC(=O)NC5=O)C6=O)CC4)cc3)[nH]2)cc1. The lowest BCUT2D eigenvalue weighted by atomic mass is 10.0. The van der Waals surface area contributed by atoms with Gasteiger partial charge in [-0.15, -0.1) is 0 Å². The molecule has 2 unspecified atom stereocenters. The van der Waals surface area contributed by atoms with E-state index in [1.807, 2.05) is 65.6 Å². The van der Waals surface area contributed by atoms with E-state index in [1.54, 1.807) is 30.5 Å². The van der Waals surface area contributed by atoms with Crippen LogP contribution in [0.4, 0.5) is 17.1 Å². The molecule has 3 aliphatic rings. The molecular weight excluding hydrogens is 883 g/mol. The Kier molecular flexibility index (Phi) is 17.3. The maximum absolute atomic E-state index is 13.0. The molecule has 3 aliphatic heterocycles. The number of carbonyl (C=O) groups is 5. The number of aromatic nitrogens is 1. The van der Waals surface area contributed by atoms with Crippen LogP contribution in [0.25, 0.3) is 11.3 Å². The zero-order valence-corrected chi connectivity index (χ0v) is 38.1. The van der Waals surface area contributed by atoms with Gasteiger partial charge in [-0.3, -0.25) is 39.6 Å². The van der Waals surface area contributed by atoms with Gasteiger partial charge in [0.15, 0.2) is 4.90 Å². The van der Waals surface area contributed by atoms with Crippen LogP contribution in [0, 0.1) is 5.41 Å². The number of anilines is 3. The maximum Gasteiger partial charge on any atom is 0.262 e. The Morgan fingerprint density at radius 3 is 2.10 bits per heavy atom. The van der Waals surface area contributed by atoms with E-state index in [1.165, 1.54) is 0 Å². The van der Waals surface area contributed by atoms with E-state index in [-0.39, 0.29) is 35.8 Å². The van der Waals surface area contributed by atoms with Crippen LogP contribution in [0.5, 0.6) is 0 Å². The number of fused-ring (bicyclic) bond motifs is 1. The van der Waals surface area contributed by atoms with Gasteiger partial charge in [0.25, 0.3) is 11.8 Å². The largest absolute Gasteiger partial charge is 0.612 e. The molecule has 67 heavy (non-hydrogen) atoms. The van der Waals surface area contributed by atoms with Crippen LogP contribution in [-0.4, -0.2) is 153 Å². The van der Waals surface area contributed by atoms with Crippen molar-refractivity contribution in [3.05, 3.63) is 102 Å². The van der Waals surface area contributed by atoms with Crippen molar-refractivity contribution in [2.75, 3.05) is 107 Å². The maximum atomic E-state index is 13.0. The Morgan fingerprint density at radius 2 is 1.43 bits per heavy atom. The summed E-state index contributed by atoms with van der Waals surface area (Å²) >= 11 is -1.05. The molecule has 7 rings (SSSR count). The predicted octanol–water partition coefficient (Wildman–Crippen LogP) is 2.99. The summed E-state index contributed by atoms with van der Waals surface area (Å²) in [6, 6.07) is 24.7. The molecule has 0 aliphatic carbocycles. The first-order valence-corrected chi connectivity index (χ1v) is 23.7. The number of hydrogen-bond acceptors (Lipinski definition) is 13. The molecule has 2 fully saturated rings. The number of rotatable bonds is 21. The number of carbonyl (C=O) groups excluding carboxylic acids is 5. The fraction of sp³-hybridized carbons (Fsp3) is 0.383. The molecule has 19 nitrogen and oxygen atoms in total. The van der Waals surface area contributed by atoms with E-state index >= 15 is 0 Å². The monoisotopic (exact) mass is 937 g/mol. The summed E-state index contributed by atoms with van der Waals surface area (Å²) in [5, 5.41) is 16.8. The molecule has 0 saturated carbocycles. The van der Waals surface area contributed by atoms with Gasteiger partial charge in [-0.05, 0) is 102 Å². The Bertz CT molecular complexity index is 2460. The summed E-state index contributed by atoms with van der Waals surface area (Å²) in [6.45, 7) is 6.08. The molecule has 2 atom stereocenters. The van der Waals surface area contributed by atoms with Crippen molar-refractivity contribution in [1.82, 2.24) is 20.1 Å². The fourth-order valence-corrected chi connectivity index (χ4v) is 8.22. The average molecular weight is 938 g/mol. The smallest absolute Gasteiger partial charge is 0.262 e. The lowest BCUT2D eigenvalue weighted by Crippen LogP contribution is -2.54. The second-order valence-corrected chi connectivity index (χ2v) is 17.1. The minimum absolute atomic E-state index is 0.0168. The Morgan fingerprint density at radius 1 is 0.791 bits per heavy atom. The Labute approximate surface area is 390 Å². The van der Waals surface area contributed by atoms with Crippen molar-refractivity contribution in [2.24, 2.45) is 4.99 Å². The molecule has 5 N–H and O–H groups in total. The highest BCUT2D eigenvalue weighted by Crippen LogP contribution is 2.30. The summed E-state index contributed by atoms with van der Waals surface area (Å²) in [4.78, 5) is 75.9. The molecule has 354 valence electrons. The Hall–Kier alpha value is -6.42. The number of guanidine groups is 1. The molecule has 0 bridgehead atoms. The molecule has 1 aromatic heterocycles. The van der Waals surface area contributed by atoms with Gasteiger partial charge in [0.05, 0.1) is 70.4 Å². The van der Waals surface area contributed by atoms with E-state index in [0.717, 1.165) is 32.4 Å². The van der Waals surface area contributed by atoms with Gasteiger partial charge < -0.3 is 48.9 Å². The molecule has 0 radical (unpaired) electrons. The summed E-state index contributed by atoms with van der Waals surface area (Å²) < 4.78 is 34.1. The first-order chi connectivity index (χ1) is 32.5. The van der Waals surface area contributed by atoms with Crippen molar-refractivity contribution in [1.29, 1.82) is 5.41 Å². The zero-order chi connectivity index (χ0) is 47.1. The normalized spacial score (nSPS) is 16.8. The third kappa shape index (κ3) is 13.4. The molecule has 4 heterocycles. The summed E-state index contributed by atoms with van der Waals surface area (Å²) in [5.74, 6) is -2.13. The van der Waals surface area contributed by atoms with Crippen LogP contribution in [0.15, 0.2) is 94.8 Å². The van der Waals surface area contributed by atoms with Crippen LogP contribution in [0.3, 0.4) is 0 Å². The molecule has 20 heteroatoms. The van der Waals surface area contributed by atoms with E-state index < -0.39 is 40.8 Å². The van der Waals surface area contributed by atoms with Crippen molar-refractivity contribution in [3.63, 3.8) is 0 Å². The number of hydrogen-bond donors (Lipinski definition) is 5. The highest BCUT2D eigenvalue weighted by Gasteiger charge is 2.44. The van der Waals surface area contributed by atoms with Gasteiger partial charge >= 0.3 is 0 Å². The number of amides is 5. The number of H-pyrrole nitrogens is 1. The molecule has 4 aromatic rings. The zero-order valence-electron chi connectivity index (χ0n) is 37.3. The third-order valence-corrected chi connectivity index (χ3v) is 12.2. The number of nitrogens with one attached hydrogen (secondary N) is 5. The van der Waals surface area contributed by atoms with Crippen molar-refractivity contribution in [3.8, 4) is 11.3 Å². The standard InChI is InChI=1S/C47H55N9O10S/c1-67(62)36-12-5-32(6-13-36)39-3-2-4-41(51-39)52-47(48)50-33-7-10-35(11-8-33)54-19-21-55(22-20-54)43(58)17-23-63-25-27-65-29-30-66-28-26-64-24-18-49-34-9-14-37-38(31-34)46(61)56(45(37)60)40-15-16-42(57)53-44(40)59/h2-14,31,40,49H,15-30H2,1H3,(H,53,57,59)(H3,48,50,51,52). The van der Waals surface area contributed by atoms with Crippen LogP contribution < -0.4 is 26.3 Å². The van der Waals surface area contributed by atoms with Gasteiger partial charge in [0.1, 0.15) is 17.8 Å². The third-order valence-electron chi connectivity index (χ3n) is 11.2. The van der Waals surface area contributed by atoms with Gasteiger partial charge in [0, 0.05) is 61.9 Å². The molecule has 5 amide bonds. The van der Waals surface area contributed by atoms with E-state index in [0.29, 0.717) is 103 Å². The molecule has 0 spiro atoms. The minimum Gasteiger partial charge on any atom is -0.612 e. The van der Waals surface area contributed by atoms with Gasteiger partial charge in [-0.2, -0.15) is 4.99 Å². The number of pyridine rings is 1. The van der Waals surface area contributed by atoms with E-state index in [9.17, 15) is 28.5 Å². The van der Waals surface area contributed by atoms with Crippen LogP contribution >= 0.6 is 0 Å². The molecule has 3 aromatic carbocycles. The van der Waals surface area contributed by atoms with Gasteiger partial charge in [0.2, 0.25) is 23.7 Å². The highest BCUT2D eigenvalue weighted by molar-refractivity contribution is 7.90. The lowest BCUT2D eigenvalue weighted by Gasteiger charge is -2.36. The number of ether oxygens (including phenoxy) is 4. The minimum atomic E-state index is -1.05. The van der Waals surface area contributed by atoms with Crippen molar-refractivity contribution in [2.45, 2.75) is 30.2 Å². The predicted molar refractivity (Wildman–Crippen MR) is 250 cm³/mol. The number of benzene rings is 3. The molecular formula is C47H55N9O10S. The van der Waals surface area contributed by atoms with Gasteiger partial charge in [-0.1, -0.05) is 6.07 Å². The number of imide groups is 2. The Balaban J connectivity index is 0.681. The second kappa shape index (κ2) is 23.9. The fourth-order valence-electron chi connectivity index (χ4n) is 7.70. The first-order valence-electron chi connectivity index (χ1n) is 22.1. The topological polar surface area (TPSA) is 243 Å². The summed E-state index contributed by atoms with van der Waals surface area (Å²) in [6.07, 6.45) is 2.11. The number of piperidine rings is 1. The number of nitrogens with zero attached hydrogens (tertiary/aromatic N) is 4. The van der Waals surface area contributed by atoms with E-state index in [4.69, 9.17) is 24.4 Å². The average Bonchev–Trinajstić information content (AvgIpc) is 3.57. The number of aromatic amines is 1. The second-order valence-electron chi connectivity index (χ2n) is 15.8. The number of piperazine rings is 1. The van der Waals surface area contributed by atoms with Gasteiger partial charge in [-0.25, -0.2) is 0 Å². The summed E-state index contributed by atoms with van der Waals surface area (Å²) in [5.41, 5.74) is 5.10.